The number of carbonyl (C=O) groups is 2. The van der Waals surface area contributed by atoms with E-state index in [1.807, 2.05) is 0 Å². The summed E-state index contributed by atoms with van der Waals surface area (Å²) >= 11 is 6.15. The van der Waals surface area contributed by atoms with Crippen molar-refractivity contribution in [2.75, 3.05) is 26.5 Å². The number of alkyl carbamates (subject to hydrolysis) is 1. The lowest BCUT2D eigenvalue weighted by Gasteiger charge is -2.32. The van der Waals surface area contributed by atoms with E-state index in [-0.39, 0.29) is 18.7 Å². The Morgan fingerprint density at radius 3 is 3.08 bits per heavy atom. The molecule has 1 atom stereocenters. The van der Waals surface area contributed by atoms with Gasteiger partial charge in [-0.3, -0.25) is 4.79 Å². The number of halogens is 1. The van der Waals surface area contributed by atoms with E-state index >= 15 is 0 Å². The van der Waals surface area contributed by atoms with Crippen LogP contribution in [-0.4, -0.2) is 49.4 Å². The van der Waals surface area contributed by atoms with Crippen LogP contribution in [-0.2, 0) is 9.53 Å². The lowest BCUT2D eigenvalue weighted by molar-refractivity contribution is -0.127. The molecule has 1 saturated heterocycles. The van der Waals surface area contributed by atoms with Crippen molar-refractivity contribution in [1.82, 2.24) is 10.2 Å². The molecule has 1 fully saturated rings. The van der Waals surface area contributed by atoms with Crippen LogP contribution in [0.5, 0.6) is 11.5 Å². The Bertz CT molecular complexity index is 722. The standard InChI is InChI=1S/C18H21ClN2O5/c1-2-24-18(23)20-13-4-3-7-21(10-13)16(22)6-5-12-8-14(19)17-15(9-12)25-11-26-17/h5-6,8-9,13H,2-4,7,10-11H2,1H3,(H,20,23). The average molecular weight is 381 g/mol. The summed E-state index contributed by atoms with van der Waals surface area (Å²) in [6.07, 6.45) is 4.40. The number of hydrogen-bond donors (Lipinski definition) is 1. The van der Waals surface area contributed by atoms with E-state index < -0.39 is 6.09 Å². The van der Waals surface area contributed by atoms with E-state index in [0.29, 0.717) is 36.2 Å². The Kier molecular flexibility index (Phi) is 5.88. The minimum absolute atomic E-state index is 0.0971. The van der Waals surface area contributed by atoms with Crippen molar-refractivity contribution < 1.29 is 23.8 Å². The average Bonchev–Trinajstić information content (AvgIpc) is 3.09. The van der Waals surface area contributed by atoms with Gasteiger partial charge in [-0.2, -0.15) is 0 Å². The minimum Gasteiger partial charge on any atom is -0.454 e. The van der Waals surface area contributed by atoms with E-state index in [9.17, 15) is 9.59 Å². The molecule has 0 saturated carbocycles. The number of nitrogens with one attached hydrogen (secondary N) is 1. The van der Waals surface area contributed by atoms with Gasteiger partial charge in [0.2, 0.25) is 12.7 Å². The summed E-state index contributed by atoms with van der Waals surface area (Å²) in [6, 6.07) is 3.40. The summed E-state index contributed by atoms with van der Waals surface area (Å²) in [5.74, 6) is 0.981. The summed E-state index contributed by atoms with van der Waals surface area (Å²) < 4.78 is 15.5. The van der Waals surface area contributed by atoms with Crippen LogP contribution in [0, 0.1) is 0 Å². The molecule has 0 aliphatic carbocycles. The number of amides is 2. The maximum atomic E-state index is 12.5. The van der Waals surface area contributed by atoms with E-state index in [1.165, 1.54) is 6.08 Å². The summed E-state index contributed by atoms with van der Waals surface area (Å²) in [6.45, 7) is 3.34. The SMILES string of the molecule is CCOC(=O)NC1CCCN(C(=O)C=Cc2cc(Cl)c3c(c2)OCO3)C1. The van der Waals surface area contributed by atoms with Crippen LogP contribution in [0.2, 0.25) is 5.02 Å². The van der Waals surface area contributed by atoms with Gasteiger partial charge in [-0.15, -0.1) is 0 Å². The van der Waals surface area contributed by atoms with E-state index in [2.05, 4.69) is 5.32 Å². The van der Waals surface area contributed by atoms with Gasteiger partial charge in [0, 0.05) is 25.2 Å². The number of carbonyl (C=O) groups excluding carboxylic acids is 2. The summed E-state index contributed by atoms with van der Waals surface area (Å²) in [7, 11) is 0. The third-order valence-corrected chi connectivity index (χ3v) is 4.48. The highest BCUT2D eigenvalue weighted by Crippen LogP contribution is 2.40. The first-order valence-electron chi connectivity index (χ1n) is 8.56. The van der Waals surface area contributed by atoms with Crippen molar-refractivity contribution in [1.29, 1.82) is 0 Å². The minimum atomic E-state index is -0.447. The highest BCUT2D eigenvalue weighted by Gasteiger charge is 2.24. The molecular formula is C18H21ClN2O5. The Morgan fingerprint density at radius 2 is 2.27 bits per heavy atom. The number of hydrogen-bond acceptors (Lipinski definition) is 5. The molecule has 3 rings (SSSR count). The maximum Gasteiger partial charge on any atom is 0.407 e. The van der Waals surface area contributed by atoms with E-state index in [0.717, 1.165) is 18.4 Å². The van der Waals surface area contributed by atoms with Crippen molar-refractivity contribution >= 4 is 29.7 Å². The van der Waals surface area contributed by atoms with Crippen LogP contribution in [0.1, 0.15) is 25.3 Å². The van der Waals surface area contributed by atoms with Gasteiger partial charge < -0.3 is 24.4 Å². The number of rotatable bonds is 4. The Hall–Kier alpha value is -2.41. The van der Waals surface area contributed by atoms with Gasteiger partial charge in [0.05, 0.1) is 11.6 Å². The lowest BCUT2D eigenvalue weighted by atomic mass is 10.1. The maximum absolute atomic E-state index is 12.5. The monoisotopic (exact) mass is 380 g/mol. The van der Waals surface area contributed by atoms with Crippen LogP contribution in [0.4, 0.5) is 4.79 Å². The van der Waals surface area contributed by atoms with Gasteiger partial charge in [-0.1, -0.05) is 11.6 Å². The quantitative estimate of drug-likeness (QED) is 0.813. The second kappa shape index (κ2) is 8.31. The van der Waals surface area contributed by atoms with Gasteiger partial charge in [-0.05, 0) is 43.5 Å². The van der Waals surface area contributed by atoms with Gasteiger partial charge in [0.15, 0.2) is 11.5 Å². The molecule has 1 N–H and O–H groups in total. The van der Waals surface area contributed by atoms with Crippen LogP contribution >= 0.6 is 11.6 Å². The van der Waals surface area contributed by atoms with Crippen LogP contribution in [0.25, 0.3) is 6.08 Å². The number of ether oxygens (including phenoxy) is 3. The Balaban J connectivity index is 1.60. The number of benzene rings is 1. The molecule has 0 radical (unpaired) electrons. The van der Waals surface area contributed by atoms with E-state index in [1.54, 1.807) is 30.0 Å². The van der Waals surface area contributed by atoms with Gasteiger partial charge >= 0.3 is 6.09 Å². The molecule has 0 bridgehead atoms. The largest absolute Gasteiger partial charge is 0.454 e. The predicted molar refractivity (Wildman–Crippen MR) is 96.4 cm³/mol. The first kappa shape index (κ1) is 18.4. The number of nitrogens with zero attached hydrogens (tertiary/aromatic N) is 1. The molecule has 0 spiro atoms. The predicted octanol–water partition coefficient (Wildman–Crippen LogP) is 2.82. The number of piperidine rings is 1. The highest BCUT2D eigenvalue weighted by molar-refractivity contribution is 6.32. The van der Waals surface area contributed by atoms with Crippen molar-refractivity contribution in [3.8, 4) is 11.5 Å². The molecule has 1 aromatic carbocycles. The van der Waals surface area contributed by atoms with Crippen LogP contribution in [0.3, 0.4) is 0 Å². The smallest absolute Gasteiger partial charge is 0.407 e. The first-order valence-corrected chi connectivity index (χ1v) is 8.94. The third-order valence-electron chi connectivity index (χ3n) is 4.20. The molecule has 1 unspecified atom stereocenters. The topological polar surface area (TPSA) is 77.1 Å². The van der Waals surface area contributed by atoms with Crippen LogP contribution in [0.15, 0.2) is 18.2 Å². The molecular weight excluding hydrogens is 360 g/mol. The van der Waals surface area contributed by atoms with Crippen molar-refractivity contribution in [2.24, 2.45) is 0 Å². The molecule has 7 nitrogen and oxygen atoms in total. The molecule has 0 aromatic heterocycles. The summed E-state index contributed by atoms with van der Waals surface area (Å²) in [4.78, 5) is 25.7. The molecule has 2 heterocycles. The molecule has 26 heavy (non-hydrogen) atoms. The molecule has 1 aromatic rings. The van der Waals surface area contributed by atoms with Crippen molar-refractivity contribution in [2.45, 2.75) is 25.8 Å². The Morgan fingerprint density at radius 1 is 1.42 bits per heavy atom. The second-order valence-electron chi connectivity index (χ2n) is 6.06. The summed E-state index contributed by atoms with van der Waals surface area (Å²) in [5.41, 5.74) is 0.755. The number of likely N-dealkylation sites (tertiary alicyclic amines) is 1. The zero-order chi connectivity index (χ0) is 18.5. The van der Waals surface area contributed by atoms with Crippen LogP contribution < -0.4 is 14.8 Å². The fourth-order valence-corrected chi connectivity index (χ4v) is 3.26. The van der Waals surface area contributed by atoms with Gasteiger partial charge in [-0.25, -0.2) is 4.79 Å². The zero-order valence-electron chi connectivity index (χ0n) is 14.5. The molecule has 2 aliphatic rings. The van der Waals surface area contributed by atoms with Crippen molar-refractivity contribution in [3.05, 3.63) is 28.8 Å². The fraction of sp³-hybridized carbons (Fsp3) is 0.444. The van der Waals surface area contributed by atoms with Gasteiger partial charge in [0.1, 0.15) is 0 Å². The first-order chi connectivity index (χ1) is 12.6. The van der Waals surface area contributed by atoms with E-state index in [4.69, 9.17) is 25.8 Å². The Labute approximate surface area is 156 Å². The molecule has 2 amide bonds. The zero-order valence-corrected chi connectivity index (χ0v) is 15.3. The third kappa shape index (κ3) is 4.40. The lowest BCUT2D eigenvalue weighted by Crippen LogP contribution is -2.49. The molecule has 2 aliphatic heterocycles. The number of fused-ring (bicyclic) bond motifs is 1. The highest BCUT2D eigenvalue weighted by atomic mass is 35.5. The van der Waals surface area contributed by atoms with Crippen molar-refractivity contribution in [3.63, 3.8) is 0 Å². The second-order valence-corrected chi connectivity index (χ2v) is 6.47. The van der Waals surface area contributed by atoms with Gasteiger partial charge in [0.25, 0.3) is 0 Å². The fourth-order valence-electron chi connectivity index (χ4n) is 2.99. The normalized spacial score (nSPS) is 18.8. The summed E-state index contributed by atoms with van der Waals surface area (Å²) in [5, 5.41) is 3.24. The molecule has 140 valence electrons. The molecule has 8 heteroatoms.